The van der Waals surface area contributed by atoms with Crippen molar-refractivity contribution in [1.82, 2.24) is 0 Å². The molecule has 4 aliphatic carbocycles. The smallest absolute Gasteiger partial charge is 0.462 e. The minimum atomic E-state index is -1.05. The molecule has 4 aliphatic rings. The van der Waals surface area contributed by atoms with Crippen LogP contribution in [-0.2, 0) is 52.4 Å². The van der Waals surface area contributed by atoms with Gasteiger partial charge < -0.3 is 28.4 Å². The minimum absolute atomic E-state index is 0.0462. The summed E-state index contributed by atoms with van der Waals surface area (Å²) in [4.78, 5) is 72.6. The van der Waals surface area contributed by atoms with E-state index in [0.29, 0.717) is 29.5 Å². The second-order valence-corrected chi connectivity index (χ2v) is 18.0. The molecule has 0 saturated heterocycles. The molecule has 0 aromatic heterocycles. The van der Waals surface area contributed by atoms with E-state index >= 15 is 0 Å². The highest BCUT2D eigenvalue weighted by molar-refractivity contribution is 5.79. The van der Waals surface area contributed by atoms with Crippen molar-refractivity contribution in [3.05, 3.63) is 0 Å². The monoisotopic (exact) mass is 776 g/mol. The quantitative estimate of drug-likeness (QED) is 0.0568. The molecule has 4 unspecified atom stereocenters. The number of hydrogen-bond donors (Lipinski definition) is 0. The molecule has 0 aromatic carbocycles. The van der Waals surface area contributed by atoms with Crippen molar-refractivity contribution in [2.24, 2.45) is 52.3 Å². The topological polar surface area (TPSA) is 158 Å². The van der Waals surface area contributed by atoms with Crippen LogP contribution < -0.4 is 0 Å². The van der Waals surface area contributed by atoms with Gasteiger partial charge in [-0.25, -0.2) is 4.79 Å². The van der Waals surface area contributed by atoms with Crippen molar-refractivity contribution in [1.29, 1.82) is 0 Å². The van der Waals surface area contributed by atoms with E-state index in [-0.39, 0.29) is 60.7 Å². The lowest BCUT2D eigenvalue weighted by atomic mass is 9.44. The lowest BCUT2D eigenvalue weighted by Crippen LogP contribution is -2.54. The van der Waals surface area contributed by atoms with Gasteiger partial charge in [-0.2, -0.15) is 0 Å². The van der Waals surface area contributed by atoms with Crippen molar-refractivity contribution in [3.8, 4) is 0 Å². The van der Waals surface area contributed by atoms with Crippen LogP contribution in [0.1, 0.15) is 152 Å². The molecule has 12 heteroatoms. The van der Waals surface area contributed by atoms with Gasteiger partial charge in [-0.05, 0) is 111 Å². The van der Waals surface area contributed by atoms with E-state index < -0.39 is 42.4 Å². The normalized spacial score (nSPS) is 31.4. The molecule has 0 radical (unpaired) electrons. The standard InChI is InChI=1S/C43H68O12/c1-26(11-9-10-12-27(2)22-40(48)54-34(24-50-29(4)45)25-51-30(5)46)21-39(47)52-31(6)53-41(49)55-33-17-19-42(7)32(23-33)13-14-35-37-16-15-36(28(3)44)43(37,8)20-18-38(35)42/h26-27,31-38H,9-25H2,1-8H3/t26?,27?,31?,32-,33+,35-,36?,37-,38-,42-,43+/m0/s1. The maximum atomic E-state index is 12.8. The summed E-state index contributed by atoms with van der Waals surface area (Å²) in [5, 5.41) is 0. The Morgan fingerprint density at radius 1 is 0.655 bits per heavy atom. The largest absolute Gasteiger partial charge is 0.511 e. The Bertz CT molecular complexity index is 1340. The van der Waals surface area contributed by atoms with Crippen LogP contribution in [0.25, 0.3) is 0 Å². The molecule has 0 amide bonds. The van der Waals surface area contributed by atoms with Crippen molar-refractivity contribution in [2.45, 2.75) is 170 Å². The number of Topliss-reactive ketones (excluding diaryl/α,β-unsaturated/α-hetero) is 1. The fourth-order valence-corrected chi connectivity index (χ4v) is 11.1. The van der Waals surface area contributed by atoms with Crippen LogP contribution >= 0.6 is 0 Å². The molecule has 0 heterocycles. The molecule has 4 fully saturated rings. The van der Waals surface area contributed by atoms with Crippen LogP contribution in [0.2, 0.25) is 0 Å². The molecule has 11 atom stereocenters. The van der Waals surface area contributed by atoms with Gasteiger partial charge in [0.05, 0.1) is 0 Å². The Hall–Kier alpha value is -3.18. The maximum absolute atomic E-state index is 12.8. The molecule has 0 bridgehead atoms. The SMILES string of the molecule is CC(=O)OCC(COC(C)=O)OC(=O)CC(C)CCCCC(C)CC(=O)OC(C)OC(=O)O[C@@H]1CC[C@@]2(C)[C@@H](CC[C@@H]3[C@@H]2CC[C@]2(C)C(C(C)=O)CC[C@@H]32)C1. The zero-order valence-corrected chi connectivity index (χ0v) is 34.7. The zero-order valence-electron chi connectivity index (χ0n) is 34.7. The second-order valence-electron chi connectivity index (χ2n) is 18.0. The number of carbonyl (C=O) groups excluding carboxylic acids is 6. The van der Waals surface area contributed by atoms with Gasteiger partial charge in [0.25, 0.3) is 0 Å². The van der Waals surface area contributed by atoms with Gasteiger partial charge in [0.1, 0.15) is 25.1 Å². The zero-order chi connectivity index (χ0) is 40.5. The molecule has 0 aliphatic heterocycles. The van der Waals surface area contributed by atoms with Crippen LogP contribution in [0, 0.1) is 52.3 Å². The Balaban J connectivity index is 1.09. The minimum Gasteiger partial charge on any atom is -0.462 e. The summed E-state index contributed by atoms with van der Waals surface area (Å²) in [6, 6.07) is 0. The molecule has 0 spiro atoms. The number of rotatable bonds is 18. The Morgan fingerprint density at radius 2 is 1.22 bits per heavy atom. The molecule has 0 N–H and O–H groups in total. The van der Waals surface area contributed by atoms with E-state index in [1.54, 1.807) is 6.92 Å². The summed E-state index contributed by atoms with van der Waals surface area (Å²) in [6.45, 7) is 14.2. The summed E-state index contributed by atoms with van der Waals surface area (Å²) in [5.74, 6) is 1.21. The van der Waals surface area contributed by atoms with E-state index in [9.17, 15) is 28.8 Å². The van der Waals surface area contributed by atoms with E-state index in [1.165, 1.54) is 40.0 Å². The third kappa shape index (κ3) is 12.2. The molecule has 4 saturated carbocycles. The number of esters is 4. The van der Waals surface area contributed by atoms with Crippen molar-refractivity contribution in [2.75, 3.05) is 13.2 Å². The van der Waals surface area contributed by atoms with E-state index in [0.717, 1.165) is 64.2 Å². The third-order valence-corrected chi connectivity index (χ3v) is 13.8. The fraction of sp³-hybridized carbons (Fsp3) is 0.860. The predicted molar refractivity (Wildman–Crippen MR) is 202 cm³/mol. The fourth-order valence-electron chi connectivity index (χ4n) is 11.1. The second kappa shape index (κ2) is 19.8. The number of fused-ring (bicyclic) bond motifs is 5. The Labute approximate surface area is 328 Å². The highest BCUT2D eigenvalue weighted by atomic mass is 16.8. The summed E-state index contributed by atoms with van der Waals surface area (Å²) in [7, 11) is 0. The first-order chi connectivity index (χ1) is 25.9. The van der Waals surface area contributed by atoms with E-state index in [1.807, 2.05) is 13.8 Å². The number of ether oxygens (including phenoxy) is 6. The van der Waals surface area contributed by atoms with Crippen LogP contribution in [0.4, 0.5) is 4.79 Å². The summed E-state index contributed by atoms with van der Waals surface area (Å²) in [5.41, 5.74) is 0.372. The lowest BCUT2D eigenvalue weighted by molar-refractivity contribution is -0.172. The first-order valence-electron chi connectivity index (χ1n) is 20.9. The van der Waals surface area contributed by atoms with Crippen LogP contribution in [-0.4, -0.2) is 67.5 Å². The van der Waals surface area contributed by atoms with Gasteiger partial charge in [0.2, 0.25) is 6.29 Å². The molecular weight excluding hydrogens is 708 g/mol. The summed E-state index contributed by atoms with van der Waals surface area (Å²) in [6.07, 6.45) is 10.2. The number of hydrogen-bond acceptors (Lipinski definition) is 12. The number of ketones is 1. The maximum Gasteiger partial charge on any atom is 0.511 e. The average molecular weight is 777 g/mol. The number of carbonyl (C=O) groups is 6. The van der Waals surface area contributed by atoms with Gasteiger partial charge in [0.15, 0.2) is 6.10 Å². The molecular formula is C43H68O12. The van der Waals surface area contributed by atoms with E-state index in [2.05, 4.69) is 13.8 Å². The van der Waals surface area contributed by atoms with Crippen LogP contribution in [0.3, 0.4) is 0 Å². The first-order valence-corrected chi connectivity index (χ1v) is 20.9. The summed E-state index contributed by atoms with van der Waals surface area (Å²) < 4.78 is 31.7. The highest BCUT2D eigenvalue weighted by Crippen LogP contribution is 2.67. The van der Waals surface area contributed by atoms with Crippen LogP contribution in [0.15, 0.2) is 0 Å². The molecule has 312 valence electrons. The van der Waals surface area contributed by atoms with Gasteiger partial charge in [0, 0.05) is 39.5 Å². The number of unbranched alkanes of at least 4 members (excludes halogenated alkanes) is 1. The van der Waals surface area contributed by atoms with Gasteiger partial charge >= 0.3 is 30.0 Å². The predicted octanol–water partition coefficient (Wildman–Crippen LogP) is 8.30. The van der Waals surface area contributed by atoms with Crippen molar-refractivity contribution in [3.63, 3.8) is 0 Å². The van der Waals surface area contributed by atoms with Gasteiger partial charge in [-0.15, -0.1) is 0 Å². The Kier molecular flexibility index (Phi) is 16.0. The first kappa shape index (κ1) is 44.5. The van der Waals surface area contributed by atoms with Crippen molar-refractivity contribution < 1.29 is 57.2 Å². The van der Waals surface area contributed by atoms with Crippen molar-refractivity contribution >= 4 is 35.8 Å². The Morgan fingerprint density at radius 3 is 1.80 bits per heavy atom. The molecule has 4 rings (SSSR count). The van der Waals surface area contributed by atoms with E-state index in [4.69, 9.17) is 28.4 Å². The molecule has 12 nitrogen and oxygen atoms in total. The molecule has 0 aromatic rings. The van der Waals surface area contributed by atoms with Gasteiger partial charge in [-0.1, -0.05) is 53.4 Å². The highest BCUT2D eigenvalue weighted by Gasteiger charge is 2.61. The third-order valence-electron chi connectivity index (χ3n) is 13.8. The van der Waals surface area contributed by atoms with Crippen LogP contribution in [0.5, 0.6) is 0 Å². The summed E-state index contributed by atoms with van der Waals surface area (Å²) >= 11 is 0. The average Bonchev–Trinajstić information content (AvgIpc) is 3.45. The lowest BCUT2D eigenvalue weighted by Gasteiger charge is -2.61. The van der Waals surface area contributed by atoms with Gasteiger partial charge in [-0.3, -0.25) is 24.0 Å². The molecule has 55 heavy (non-hydrogen) atoms.